The van der Waals surface area contributed by atoms with Gasteiger partial charge in [-0.05, 0) is 13.3 Å². The topological polar surface area (TPSA) is 76.9 Å². The lowest BCUT2D eigenvalue weighted by molar-refractivity contribution is -0.155. The van der Waals surface area contributed by atoms with E-state index in [2.05, 4.69) is 9.72 Å². The monoisotopic (exact) mass is 402 g/mol. The van der Waals surface area contributed by atoms with E-state index in [4.69, 9.17) is 4.74 Å². The van der Waals surface area contributed by atoms with Gasteiger partial charge in [0.05, 0.1) is 25.4 Å². The van der Waals surface area contributed by atoms with Crippen LogP contribution in [0.3, 0.4) is 0 Å². The molecule has 8 nitrogen and oxygen atoms in total. The summed E-state index contributed by atoms with van der Waals surface area (Å²) in [7, 11) is 1.10. The van der Waals surface area contributed by atoms with E-state index in [9.17, 15) is 22.8 Å². The number of halogens is 3. The molecule has 2 bridgehead atoms. The van der Waals surface area contributed by atoms with Gasteiger partial charge in [-0.2, -0.15) is 18.2 Å². The summed E-state index contributed by atoms with van der Waals surface area (Å²) in [6.07, 6.45) is -4.13. The van der Waals surface area contributed by atoms with Gasteiger partial charge in [-0.3, -0.25) is 14.2 Å². The minimum Gasteiger partial charge on any atom is -0.468 e. The van der Waals surface area contributed by atoms with Crippen LogP contribution in [0.2, 0.25) is 0 Å². The van der Waals surface area contributed by atoms with Crippen molar-refractivity contribution in [2.45, 2.75) is 50.2 Å². The second-order valence-electron chi connectivity index (χ2n) is 7.70. The molecule has 154 valence electrons. The number of rotatable bonds is 3. The van der Waals surface area contributed by atoms with E-state index >= 15 is 0 Å². The molecule has 0 aromatic carbocycles. The average Bonchev–Trinajstić information content (AvgIpc) is 3.16. The molecule has 4 heterocycles. The molecule has 0 N–H and O–H groups in total. The molecule has 11 heteroatoms. The first-order valence-electron chi connectivity index (χ1n) is 9.04. The van der Waals surface area contributed by atoms with Crippen molar-refractivity contribution in [1.82, 2.24) is 9.55 Å². The number of morpholine rings is 1. The fourth-order valence-corrected chi connectivity index (χ4v) is 4.33. The maximum atomic E-state index is 13.6. The number of carbonyl (C=O) groups is 1. The van der Waals surface area contributed by atoms with Gasteiger partial charge in [-0.25, -0.2) is 0 Å². The summed E-state index contributed by atoms with van der Waals surface area (Å²) in [6.45, 7) is 2.20. The summed E-state index contributed by atoms with van der Waals surface area (Å²) in [5, 5.41) is 0. The van der Waals surface area contributed by atoms with Gasteiger partial charge in [-0.15, -0.1) is 0 Å². The molecule has 3 aliphatic heterocycles. The van der Waals surface area contributed by atoms with Crippen molar-refractivity contribution in [3.05, 3.63) is 16.4 Å². The van der Waals surface area contributed by atoms with Crippen molar-refractivity contribution in [3.8, 4) is 0 Å². The minimum absolute atomic E-state index is 0.0136. The molecule has 1 unspecified atom stereocenters. The van der Waals surface area contributed by atoms with Crippen molar-refractivity contribution in [2.75, 3.05) is 36.6 Å². The van der Waals surface area contributed by atoms with Crippen LogP contribution in [-0.2, 0) is 20.8 Å². The van der Waals surface area contributed by atoms with Crippen molar-refractivity contribution < 1.29 is 27.4 Å². The van der Waals surface area contributed by atoms with Crippen molar-refractivity contribution >= 4 is 17.7 Å². The third-order valence-electron chi connectivity index (χ3n) is 5.75. The molecule has 28 heavy (non-hydrogen) atoms. The maximum absolute atomic E-state index is 13.6. The second kappa shape index (κ2) is 6.36. The number of fused-ring (bicyclic) bond motifs is 3. The number of hydrogen-bond donors (Lipinski definition) is 0. The van der Waals surface area contributed by atoms with E-state index in [1.54, 1.807) is 0 Å². The van der Waals surface area contributed by atoms with Gasteiger partial charge in [0.2, 0.25) is 5.95 Å². The van der Waals surface area contributed by atoms with Crippen molar-refractivity contribution in [2.24, 2.45) is 0 Å². The minimum atomic E-state index is -4.57. The smallest absolute Gasteiger partial charge is 0.408 e. The van der Waals surface area contributed by atoms with E-state index in [1.807, 2.05) is 11.8 Å². The number of hydrogen-bond acceptors (Lipinski definition) is 7. The van der Waals surface area contributed by atoms with Crippen molar-refractivity contribution in [1.29, 1.82) is 0 Å². The molecule has 2 fully saturated rings. The normalized spacial score (nSPS) is 29.2. The number of esters is 1. The van der Waals surface area contributed by atoms with Gasteiger partial charge in [0.25, 0.3) is 5.56 Å². The summed E-state index contributed by atoms with van der Waals surface area (Å²) >= 11 is 0. The van der Waals surface area contributed by atoms with Gasteiger partial charge in [0.1, 0.15) is 18.4 Å². The van der Waals surface area contributed by atoms with E-state index in [0.717, 1.165) is 18.4 Å². The molecule has 0 spiro atoms. The lowest BCUT2D eigenvalue weighted by Crippen LogP contribution is -2.54. The van der Waals surface area contributed by atoms with Crippen LogP contribution in [-0.4, -0.2) is 66.2 Å². The van der Waals surface area contributed by atoms with Crippen LogP contribution in [0.1, 0.15) is 19.8 Å². The molecule has 4 rings (SSSR count). The highest BCUT2D eigenvalue weighted by Gasteiger charge is 2.51. The van der Waals surface area contributed by atoms with Gasteiger partial charge < -0.3 is 19.3 Å². The van der Waals surface area contributed by atoms with Gasteiger partial charge in [0.15, 0.2) is 0 Å². The van der Waals surface area contributed by atoms with Crippen LogP contribution in [0, 0.1) is 0 Å². The molecular formula is C17H21F3N4O4. The Morgan fingerprint density at radius 2 is 2.21 bits per heavy atom. The predicted octanol–water partition coefficient (Wildman–Crippen LogP) is 0.925. The second-order valence-corrected chi connectivity index (χ2v) is 7.70. The Labute approximate surface area is 158 Å². The number of aromatic nitrogens is 2. The zero-order chi connectivity index (χ0) is 20.3. The Kier molecular flexibility index (Phi) is 4.32. The van der Waals surface area contributed by atoms with Crippen LogP contribution >= 0.6 is 0 Å². The quantitative estimate of drug-likeness (QED) is 0.696. The molecule has 3 atom stereocenters. The van der Waals surface area contributed by atoms with Crippen LogP contribution in [0.25, 0.3) is 0 Å². The molecule has 1 aromatic rings. The highest BCUT2D eigenvalue weighted by atomic mass is 19.4. The predicted molar refractivity (Wildman–Crippen MR) is 92.4 cm³/mol. The van der Waals surface area contributed by atoms with E-state index in [-0.39, 0.29) is 30.6 Å². The SMILES string of the molecule is COC(=O)CN1c2nc(N3C[C@@H]4CC3(C)CO4)cc(=O)n2CC[C@H]1C(F)(F)F. The van der Waals surface area contributed by atoms with Crippen LogP contribution in [0.5, 0.6) is 0 Å². The van der Waals surface area contributed by atoms with E-state index < -0.39 is 30.3 Å². The fraction of sp³-hybridized carbons (Fsp3) is 0.706. The zero-order valence-corrected chi connectivity index (χ0v) is 15.5. The van der Waals surface area contributed by atoms with Crippen LogP contribution < -0.4 is 15.4 Å². The lowest BCUT2D eigenvalue weighted by atomic mass is 10.0. The van der Waals surface area contributed by atoms with Crippen molar-refractivity contribution in [3.63, 3.8) is 0 Å². The zero-order valence-electron chi connectivity index (χ0n) is 15.5. The lowest BCUT2D eigenvalue weighted by Gasteiger charge is -2.40. The Morgan fingerprint density at radius 3 is 2.79 bits per heavy atom. The number of ether oxygens (including phenoxy) is 2. The third-order valence-corrected chi connectivity index (χ3v) is 5.75. The molecule has 0 saturated carbocycles. The first kappa shape index (κ1) is 19.0. The first-order valence-corrected chi connectivity index (χ1v) is 9.04. The van der Waals surface area contributed by atoms with Gasteiger partial charge >= 0.3 is 12.1 Å². The fourth-order valence-electron chi connectivity index (χ4n) is 4.33. The number of alkyl halides is 3. The Balaban J connectivity index is 1.78. The summed E-state index contributed by atoms with van der Waals surface area (Å²) in [5.41, 5.74) is -0.795. The Hall–Kier alpha value is -2.30. The molecule has 2 saturated heterocycles. The molecular weight excluding hydrogens is 381 g/mol. The Bertz CT molecular complexity index is 858. The molecule has 0 radical (unpaired) electrons. The van der Waals surface area contributed by atoms with Gasteiger partial charge in [0, 0.05) is 25.6 Å². The number of anilines is 2. The largest absolute Gasteiger partial charge is 0.468 e. The Morgan fingerprint density at radius 1 is 1.46 bits per heavy atom. The maximum Gasteiger partial charge on any atom is 0.408 e. The highest BCUT2D eigenvalue weighted by Crippen LogP contribution is 2.41. The summed E-state index contributed by atoms with van der Waals surface area (Å²) in [5.74, 6) is -0.682. The third kappa shape index (κ3) is 3.01. The molecule has 0 amide bonds. The summed E-state index contributed by atoms with van der Waals surface area (Å²) < 4.78 is 52.1. The standard InChI is InChI=1S/C17H21F3N4O4/c1-16-6-10(28-9-16)7-24(16)12-5-13(25)22-4-3-11(17(18,19)20)23(15(22)21-12)8-14(26)27-2/h5,10-11H,3-4,6-9H2,1-2H3/t10-,11-,16?/m0/s1. The molecule has 1 aromatic heterocycles. The summed E-state index contributed by atoms with van der Waals surface area (Å²) in [6, 6.07) is -0.567. The molecule has 3 aliphatic rings. The summed E-state index contributed by atoms with van der Waals surface area (Å²) in [4.78, 5) is 31.6. The average molecular weight is 402 g/mol. The first-order chi connectivity index (χ1) is 13.1. The van der Waals surface area contributed by atoms with E-state index in [1.165, 1.54) is 10.6 Å². The van der Waals surface area contributed by atoms with E-state index in [0.29, 0.717) is 19.0 Å². The number of nitrogens with zero attached hydrogens (tertiary/aromatic N) is 4. The van der Waals surface area contributed by atoms with Crippen LogP contribution in [0.15, 0.2) is 10.9 Å². The number of carbonyl (C=O) groups excluding carboxylic acids is 1. The highest BCUT2D eigenvalue weighted by molar-refractivity contribution is 5.75. The molecule has 0 aliphatic carbocycles. The van der Waals surface area contributed by atoms with Gasteiger partial charge in [-0.1, -0.05) is 0 Å². The number of methoxy groups -OCH3 is 1. The van der Waals surface area contributed by atoms with Crippen LogP contribution in [0.4, 0.5) is 24.9 Å².